The van der Waals surface area contributed by atoms with Gasteiger partial charge in [-0.3, -0.25) is 14.4 Å². The van der Waals surface area contributed by atoms with Crippen molar-refractivity contribution in [2.24, 2.45) is 5.41 Å². The van der Waals surface area contributed by atoms with Gasteiger partial charge in [-0.05, 0) is 83.5 Å². The molecule has 0 aliphatic heterocycles. The second-order valence-corrected chi connectivity index (χ2v) is 33.8. The first-order valence-electron chi connectivity index (χ1n) is 27.9. The van der Waals surface area contributed by atoms with E-state index in [0.717, 1.165) is 19.3 Å². The van der Waals surface area contributed by atoms with Gasteiger partial charge in [0.1, 0.15) is 19.8 Å². The van der Waals surface area contributed by atoms with Crippen LogP contribution in [0.2, 0.25) is 0 Å². The van der Waals surface area contributed by atoms with Crippen LogP contribution in [0, 0.1) is 5.41 Å². The fourth-order valence-electron chi connectivity index (χ4n) is 9.68. The van der Waals surface area contributed by atoms with Gasteiger partial charge in [-0.2, -0.15) is 0 Å². The van der Waals surface area contributed by atoms with Crippen LogP contribution in [0.4, 0.5) is 0 Å². The zero-order valence-electron chi connectivity index (χ0n) is 45.9. The number of hydrogen-bond donors (Lipinski definition) is 0. The average molecular weight is 1200 g/mol. The molecule has 0 aromatic carbocycles. The number of ether oxygens (including phenoxy) is 3. The van der Waals surface area contributed by atoms with Gasteiger partial charge >= 0.3 is 17.9 Å². The van der Waals surface area contributed by atoms with Gasteiger partial charge < -0.3 is 65.2 Å². The van der Waals surface area contributed by atoms with E-state index in [4.69, 9.17) is 14.2 Å². The molecule has 0 fully saturated rings. The van der Waals surface area contributed by atoms with Crippen molar-refractivity contribution in [3.63, 3.8) is 0 Å². The third-order valence-electron chi connectivity index (χ3n) is 14.5. The normalized spacial score (nSPS) is 11.9. The molecule has 0 heterocycles. The highest BCUT2D eigenvalue weighted by Crippen LogP contribution is 2.63. The Balaban J connectivity index is -0.00000661. The van der Waals surface area contributed by atoms with Crippen molar-refractivity contribution in [2.45, 2.75) is 236 Å². The summed E-state index contributed by atoms with van der Waals surface area (Å²) in [4.78, 5) is 40.6. The summed E-state index contributed by atoms with van der Waals surface area (Å²) in [5, 5.41) is 0. The van der Waals surface area contributed by atoms with Crippen LogP contribution in [0.5, 0.6) is 0 Å². The Morgan fingerprint density at radius 3 is 0.687 bits per heavy atom. The Hall–Kier alpha value is 1.14. The monoisotopic (exact) mass is 1200 g/mol. The number of esters is 3. The fraction of sp³-hybridized carbons (Fsp3) is 0.945. The fourth-order valence-corrected chi connectivity index (χ4v) is 25.0. The minimum absolute atomic E-state index is 0. The van der Waals surface area contributed by atoms with Crippen molar-refractivity contribution >= 4 is 39.7 Å². The summed E-state index contributed by atoms with van der Waals surface area (Å²) in [7, 11) is -3.31. The molecule has 0 bridgehead atoms. The molecule has 12 heteroatoms. The predicted molar refractivity (Wildman–Crippen MR) is 291 cm³/mol. The van der Waals surface area contributed by atoms with Gasteiger partial charge in [0, 0.05) is 41.0 Å². The first-order chi connectivity index (χ1) is 30.9. The molecular weight excluding hydrogens is 1090 g/mol. The van der Waals surface area contributed by atoms with E-state index in [1.807, 2.05) is 6.92 Å². The van der Waals surface area contributed by atoms with Crippen LogP contribution in [0.1, 0.15) is 236 Å². The Morgan fingerprint density at radius 1 is 0.299 bits per heavy atom. The molecular formula is C55H112Br3O6P3. The van der Waals surface area contributed by atoms with Crippen molar-refractivity contribution in [1.29, 1.82) is 0 Å². The maximum atomic E-state index is 13.6. The van der Waals surface area contributed by atoms with Crippen LogP contribution in [0.25, 0.3) is 0 Å². The van der Waals surface area contributed by atoms with Crippen molar-refractivity contribution in [2.75, 3.05) is 93.8 Å². The lowest BCUT2D eigenvalue weighted by Crippen LogP contribution is -3.00. The summed E-state index contributed by atoms with van der Waals surface area (Å²) in [6, 6.07) is 0. The second-order valence-electron chi connectivity index (χ2n) is 20.4. The number of carbonyl (C=O) groups is 3. The molecule has 404 valence electrons. The Labute approximate surface area is 451 Å². The molecule has 0 radical (unpaired) electrons. The first kappa shape index (κ1) is 74.7. The molecule has 0 aliphatic rings. The van der Waals surface area contributed by atoms with Crippen molar-refractivity contribution in [3.8, 4) is 0 Å². The van der Waals surface area contributed by atoms with Crippen molar-refractivity contribution in [1.82, 2.24) is 0 Å². The van der Waals surface area contributed by atoms with Gasteiger partial charge in [-0.1, -0.05) is 133 Å². The van der Waals surface area contributed by atoms with Gasteiger partial charge in [0.25, 0.3) is 0 Å². The number of carbonyl (C=O) groups excluding carboxylic acids is 3. The standard InChI is InChI=1S/C55H112O6P3.3BrH/c1-11-21-30-45-64(43-28-18-8,44-29-19-9)48-33-36-54(58)61-51-55(20-10,49-59-52(56)34-31-46-62(37-22-12-2,38-23-13-3)39-24-14-4)50-60-53(57)35-32-47-63(40-25-15-5,41-26-16-6)42-27-17-7;;;/h11-51H2,1-10H3;3*1H/q+3;;;/p-3. The van der Waals surface area contributed by atoms with Gasteiger partial charge in [0.2, 0.25) is 0 Å². The largest absolute Gasteiger partial charge is 1.00 e. The summed E-state index contributed by atoms with van der Waals surface area (Å²) in [6.07, 6.45) is 44.3. The van der Waals surface area contributed by atoms with Gasteiger partial charge in [-0.15, -0.1) is 0 Å². The first-order valence-corrected chi connectivity index (χ1v) is 35.5. The van der Waals surface area contributed by atoms with E-state index in [0.29, 0.717) is 25.7 Å². The molecule has 0 spiro atoms. The zero-order chi connectivity index (χ0) is 47.8. The van der Waals surface area contributed by atoms with Crippen LogP contribution in [0.15, 0.2) is 0 Å². The quantitative estimate of drug-likeness (QED) is 0.0266. The van der Waals surface area contributed by atoms with Gasteiger partial charge in [-0.25, -0.2) is 0 Å². The molecule has 6 nitrogen and oxygen atoms in total. The molecule has 0 atom stereocenters. The van der Waals surface area contributed by atoms with Crippen LogP contribution in [0.3, 0.4) is 0 Å². The average Bonchev–Trinajstić information content (AvgIpc) is 3.30. The summed E-state index contributed by atoms with van der Waals surface area (Å²) in [5.41, 5.74) is -0.763. The topological polar surface area (TPSA) is 78.9 Å². The molecule has 0 aliphatic carbocycles. The minimum atomic E-state index is -1.11. The van der Waals surface area contributed by atoms with Crippen LogP contribution in [-0.4, -0.2) is 112 Å². The summed E-state index contributed by atoms with van der Waals surface area (Å²) < 4.78 is 18.3. The Bertz CT molecular complexity index is 1040. The van der Waals surface area contributed by atoms with E-state index in [-0.39, 0.29) is 88.7 Å². The predicted octanol–water partition coefficient (Wildman–Crippen LogP) is 8.01. The molecule has 0 N–H and O–H groups in total. The van der Waals surface area contributed by atoms with Crippen LogP contribution < -0.4 is 50.9 Å². The number of unbranched alkanes of at least 4 members (excludes halogenated alkanes) is 10. The maximum absolute atomic E-state index is 13.6. The lowest BCUT2D eigenvalue weighted by molar-refractivity contribution is -0.162. The second kappa shape index (κ2) is 48.1. The lowest BCUT2D eigenvalue weighted by Gasteiger charge is -2.31. The lowest BCUT2D eigenvalue weighted by atomic mass is 9.88. The number of rotatable bonds is 47. The van der Waals surface area contributed by atoms with E-state index < -0.39 is 27.2 Å². The summed E-state index contributed by atoms with van der Waals surface area (Å²) in [5.74, 6) is -0.528. The summed E-state index contributed by atoms with van der Waals surface area (Å²) >= 11 is 0. The van der Waals surface area contributed by atoms with Crippen LogP contribution in [-0.2, 0) is 28.6 Å². The van der Waals surface area contributed by atoms with E-state index in [9.17, 15) is 14.4 Å². The molecule has 0 saturated heterocycles. The highest BCUT2D eigenvalue weighted by atomic mass is 79.9. The highest BCUT2D eigenvalue weighted by molar-refractivity contribution is 7.76. The Kier molecular flexibility index (Phi) is 53.6. The minimum Gasteiger partial charge on any atom is -1.00 e. The molecule has 0 unspecified atom stereocenters. The molecule has 0 amide bonds. The van der Waals surface area contributed by atoms with E-state index in [1.54, 1.807) is 0 Å². The van der Waals surface area contributed by atoms with Crippen molar-refractivity contribution < 1.29 is 79.5 Å². The maximum Gasteiger partial charge on any atom is 0.305 e. The van der Waals surface area contributed by atoms with E-state index in [1.165, 1.54) is 196 Å². The molecule has 67 heavy (non-hydrogen) atoms. The SMILES string of the molecule is CCCCC[P+](CCCC)(CCCC)CCCC(=O)OCC(CC)(COC(=O)CCC[P+](CCCC)(CCCC)CCCC)COC(=O)CCC[P+](CCCC)(CCCC)CCCC.[Br-].[Br-].[Br-]. The molecule has 0 aromatic rings. The smallest absolute Gasteiger partial charge is 0.305 e. The molecule has 0 rings (SSSR count). The highest BCUT2D eigenvalue weighted by Gasteiger charge is 2.39. The van der Waals surface area contributed by atoms with Gasteiger partial charge in [0.05, 0.1) is 79.4 Å². The Morgan fingerprint density at radius 2 is 0.493 bits per heavy atom. The summed E-state index contributed by atoms with van der Waals surface area (Å²) in [6.45, 7) is 23.1. The van der Waals surface area contributed by atoms with Crippen LogP contribution >= 0.6 is 21.8 Å². The van der Waals surface area contributed by atoms with E-state index in [2.05, 4.69) is 62.3 Å². The van der Waals surface area contributed by atoms with Gasteiger partial charge in [0.15, 0.2) is 0 Å². The van der Waals surface area contributed by atoms with Crippen molar-refractivity contribution in [3.05, 3.63) is 0 Å². The number of halogens is 3. The third kappa shape index (κ3) is 35.9. The molecule has 0 saturated carbocycles. The zero-order valence-corrected chi connectivity index (χ0v) is 53.4. The third-order valence-corrected chi connectivity index (χ3v) is 29.7. The van der Waals surface area contributed by atoms with E-state index >= 15 is 0 Å². The molecule has 0 aromatic heterocycles. The number of hydrogen-bond acceptors (Lipinski definition) is 6.